The van der Waals surface area contributed by atoms with E-state index in [0.29, 0.717) is 38.8 Å². The van der Waals surface area contributed by atoms with E-state index in [-0.39, 0.29) is 17.4 Å². The number of nitrogens with one attached hydrogen (secondary N) is 1. The summed E-state index contributed by atoms with van der Waals surface area (Å²) in [5.74, 6) is -0.350. The summed E-state index contributed by atoms with van der Waals surface area (Å²) in [7, 11) is 0. The number of carbonyl (C=O) groups is 2. The minimum Gasteiger partial charge on any atom is -0.352 e. The van der Waals surface area contributed by atoms with Crippen LogP contribution in [0.15, 0.2) is 18.3 Å². The Labute approximate surface area is 143 Å². The molecular formula is C16H19F3N4O2. The first-order chi connectivity index (χ1) is 11.8. The molecule has 0 aromatic carbocycles. The van der Waals surface area contributed by atoms with Crippen molar-refractivity contribution in [1.29, 1.82) is 0 Å². The lowest BCUT2D eigenvalue weighted by Gasteiger charge is -2.34. The van der Waals surface area contributed by atoms with Gasteiger partial charge in [0.1, 0.15) is 5.69 Å². The first kappa shape index (κ1) is 17.7. The first-order valence-electron chi connectivity index (χ1n) is 8.17. The van der Waals surface area contributed by atoms with Crippen LogP contribution in [0.5, 0.6) is 0 Å². The van der Waals surface area contributed by atoms with Crippen molar-refractivity contribution >= 4 is 11.8 Å². The fourth-order valence-corrected chi connectivity index (χ4v) is 2.68. The van der Waals surface area contributed by atoms with Crippen LogP contribution in [-0.4, -0.2) is 65.4 Å². The minimum absolute atomic E-state index is 0.00536. The van der Waals surface area contributed by atoms with Crippen molar-refractivity contribution in [2.45, 2.75) is 25.1 Å². The third-order valence-corrected chi connectivity index (χ3v) is 4.27. The van der Waals surface area contributed by atoms with Crippen LogP contribution in [0.2, 0.25) is 0 Å². The van der Waals surface area contributed by atoms with Gasteiger partial charge in [0, 0.05) is 38.4 Å². The number of alkyl halides is 3. The molecule has 1 N–H and O–H groups in total. The number of aromatic nitrogens is 1. The van der Waals surface area contributed by atoms with Crippen LogP contribution in [0.4, 0.5) is 13.2 Å². The standard InChI is InChI=1S/C16H19F3N4O2/c17-16(18,19)13-4-1-11(9-20-13)15(25)23-7-5-22(6-8-23)10-14(24)21-12-2-3-12/h1,4,9,12H,2-3,5-8,10H2,(H,21,24). The van der Waals surface area contributed by atoms with Gasteiger partial charge in [-0.3, -0.25) is 19.5 Å². The lowest BCUT2D eigenvalue weighted by molar-refractivity contribution is -0.141. The van der Waals surface area contributed by atoms with E-state index in [2.05, 4.69) is 10.3 Å². The van der Waals surface area contributed by atoms with Crippen molar-refractivity contribution in [3.05, 3.63) is 29.6 Å². The second-order valence-electron chi connectivity index (χ2n) is 6.34. The van der Waals surface area contributed by atoms with E-state index in [4.69, 9.17) is 0 Å². The third-order valence-electron chi connectivity index (χ3n) is 4.27. The van der Waals surface area contributed by atoms with Gasteiger partial charge in [0.05, 0.1) is 12.1 Å². The molecule has 0 spiro atoms. The number of piperazine rings is 1. The molecule has 2 heterocycles. The smallest absolute Gasteiger partial charge is 0.352 e. The molecule has 2 fully saturated rings. The predicted octanol–water partition coefficient (Wildman–Crippen LogP) is 1.14. The van der Waals surface area contributed by atoms with Gasteiger partial charge in [-0.05, 0) is 25.0 Å². The highest BCUT2D eigenvalue weighted by atomic mass is 19.4. The zero-order chi connectivity index (χ0) is 18.0. The van der Waals surface area contributed by atoms with E-state index >= 15 is 0 Å². The molecule has 2 amide bonds. The molecule has 9 heteroatoms. The Balaban J connectivity index is 1.50. The summed E-state index contributed by atoms with van der Waals surface area (Å²) >= 11 is 0. The van der Waals surface area contributed by atoms with Crippen molar-refractivity contribution in [3.63, 3.8) is 0 Å². The normalized spacial score (nSPS) is 18.9. The molecule has 1 aromatic heterocycles. The summed E-state index contributed by atoms with van der Waals surface area (Å²) in [5, 5.41) is 2.92. The van der Waals surface area contributed by atoms with Gasteiger partial charge >= 0.3 is 6.18 Å². The third kappa shape index (κ3) is 4.68. The van der Waals surface area contributed by atoms with Crippen molar-refractivity contribution in [2.24, 2.45) is 0 Å². The minimum atomic E-state index is -4.52. The highest BCUT2D eigenvalue weighted by Crippen LogP contribution is 2.27. The molecule has 0 bridgehead atoms. The SMILES string of the molecule is O=C(CN1CCN(C(=O)c2ccc(C(F)(F)F)nc2)CC1)NC1CC1. The molecule has 6 nitrogen and oxygen atoms in total. The summed E-state index contributed by atoms with van der Waals surface area (Å²) in [6, 6.07) is 2.28. The number of amides is 2. The van der Waals surface area contributed by atoms with Gasteiger partial charge in [-0.15, -0.1) is 0 Å². The van der Waals surface area contributed by atoms with Crippen LogP contribution in [0.25, 0.3) is 0 Å². The zero-order valence-electron chi connectivity index (χ0n) is 13.6. The molecule has 0 atom stereocenters. The van der Waals surface area contributed by atoms with Gasteiger partial charge in [-0.1, -0.05) is 0 Å². The van der Waals surface area contributed by atoms with E-state index in [1.165, 1.54) is 0 Å². The monoisotopic (exact) mass is 356 g/mol. The molecule has 0 radical (unpaired) electrons. The van der Waals surface area contributed by atoms with E-state index in [0.717, 1.165) is 31.2 Å². The van der Waals surface area contributed by atoms with Gasteiger partial charge in [0.2, 0.25) is 5.91 Å². The average molecular weight is 356 g/mol. The maximum Gasteiger partial charge on any atom is 0.433 e. The largest absolute Gasteiger partial charge is 0.433 e. The molecule has 1 aliphatic carbocycles. The lowest BCUT2D eigenvalue weighted by atomic mass is 10.2. The first-order valence-corrected chi connectivity index (χ1v) is 8.17. The summed E-state index contributed by atoms with van der Waals surface area (Å²) in [5.41, 5.74) is -0.886. The Morgan fingerprint density at radius 2 is 1.84 bits per heavy atom. The zero-order valence-corrected chi connectivity index (χ0v) is 13.6. The second-order valence-corrected chi connectivity index (χ2v) is 6.34. The highest BCUT2D eigenvalue weighted by Gasteiger charge is 2.32. The van der Waals surface area contributed by atoms with Gasteiger partial charge in [-0.25, -0.2) is 0 Å². The number of nitrogens with zero attached hydrogens (tertiary/aromatic N) is 3. The molecule has 1 aliphatic heterocycles. The van der Waals surface area contributed by atoms with Crippen LogP contribution in [0.1, 0.15) is 28.9 Å². The fourth-order valence-electron chi connectivity index (χ4n) is 2.68. The number of hydrogen-bond donors (Lipinski definition) is 1. The van der Waals surface area contributed by atoms with Crippen molar-refractivity contribution < 1.29 is 22.8 Å². The topological polar surface area (TPSA) is 65.5 Å². The molecule has 1 saturated carbocycles. The summed E-state index contributed by atoms with van der Waals surface area (Å²) in [6.07, 6.45) is -1.49. The average Bonchev–Trinajstić information content (AvgIpc) is 3.38. The fraction of sp³-hybridized carbons (Fsp3) is 0.562. The van der Waals surface area contributed by atoms with Crippen molar-refractivity contribution in [2.75, 3.05) is 32.7 Å². The molecule has 1 saturated heterocycles. The molecule has 2 aliphatic rings. The number of halogens is 3. The number of rotatable bonds is 4. The van der Waals surface area contributed by atoms with Crippen LogP contribution >= 0.6 is 0 Å². The lowest BCUT2D eigenvalue weighted by Crippen LogP contribution is -2.51. The summed E-state index contributed by atoms with van der Waals surface area (Å²) < 4.78 is 37.5. The summed E-state index contributed by atoms with van der Waals surface area (Å²) in [4.78, 5) is 31.0. The van der Waals surface area contributed by atoms with Gasteiger partial charge in [0.25, 0.3) is 5.91 Å². The highest BCUT2D eigenvalue weighted by molar-refractivity contribution is 5.94. The number of pyridine rings is 1. The molecule has 0 unspecified atom stereocenters. The van der Waals surface area contributed by atoms with Crippen molar-refractivity contribution in [3.8, 4) is 0 Å². The van der Waals surface area contributed by atoms with E-state index in [9.17, 15) is 22.8 Å². The Bertz CT molecular complexity index is 636. The predicted molar refractivity (Wildman–Crippen MR) is 82.7 cm³/mol. The van der Waals surface area contributed by atoms with E-state index in [1.807, 2.05) is 4.90 Å². The summed E-state index contributed by atoms with van der Waals surface area (Å²) in [6.45, 7) is 2.27. The maximum atomic E-state index is 12.5. The van der Waals surface area contributed by atoms with E-state index < -0.39 is 11.9 Å². The maximum absolute atomic E-state index is 12.5. The van der Waals surface area contributed by atoms with Gasteiger partial charge < -0.3 is 10.2 Å². The van der Waals surface area contributed by atoms with Gasteiger partial charge in [-0.2, -0.15) is 13.2 Å². The molecule has 3 rings (SSSR count). The molecular weight excluding hydrogens is 337 g/mol. The van der Waals surface area contributed by atoms with Crippen molar-refractivity contribution in [1.82, 2.24) is 20.1 Å². The van der Waals surface area contributed by atoms with Crippen LogP contribution in [-0.2, 0) is 11.0 Å². The number of carbonyl (C=O) groups excluding carboxylic acids is 2. The Kier molecular flexibility index (Phi) is 4.94. The Hall–Kier alpha value is -2.16. The molecule has 25 heavy (non-hydrogen) atoms. The van der Waals surface area contributed by atoms with Gasteiger partial charge in [0.15, 0.2) is 0 Å². The van der Waals surface area contributed by atoms with Crippen LogP contribution in [0, 0.1) is 0 Å². The Morgan fingerprint density at radius 3 is 2.36 bits per heavy atom. The van der Waals surface area contributed by atoms with E-state index in [1.54, 1.807) is 4.90 Å². The van der Waals surface area contributed by atoms with Crippen LogP contribution in [0.3, 0.4) is 0 Å². The molecule has 1 aromatic rings. The van der Waals surface area contributed by atoms with Crippen LogP contribution < -0.4 is 5.32 Å². The quantitative estimate of drug-likeness (QED) is 0.879. The Morgan fingerprint density at radius 1 is 1.16 bits per heavy atom. The molecule has 136 valence electrons. The second kappa shape index (κ2) is 6.99. The number of hydrogen-bond acceptors (Lipinski definition) is 4.